The van der Waals surface area contributed by atoms with Crippen LogP contribution in [0.2, 0.25) is 0 Å². The van der Waals surface area contributed by atoms with E-state index in [4.69, 9.17) is 4.74 Å². The highest BCUT2D eigenvalue weighted by atomic mass is 32.1. The second kappa shape index (κ2) is 6.04. The van der Waals surface area contributed by atoms with E-state index in [-0.39, 0.29) is 6.04 Å². The summed E-state index contributed by atoms with van der Waals surface area (Å²) in [6.07, 6.45) is 7.39. The van der Waals surface area contributed by atoms with Crippen LogP contribution in [0.3, 0.4) is 0 Å². The van der Waals surface area contributed by atoms with Crippen molar-refractivity contribution in [2.24, 2.45) is 0 Å². The van der Waals surface area contributed by atoms with Gasteiger partial charge in [-0.05, 0) is 61.1 Å². The van der Waals surface area contributed by atoms with Crippen LogP contribution >= 0.6 is 11.3 Å². The van der Waals surface area contributed by atoms with E-state index in [1.165, 1.54) is 47.5 Å². The van der Waals surface area contributed by atoms with Gasteiger partial charge in [-0.1, -0.05) is 12.1 Å². The summed E-state index contributed by atoms with van der Waals surface area (Å²) in [5.41, 5.74) is 5.74. The van der Waals surface area contributed by atoms with Crippen molar-refractivity contribution in [1.82, 2.24) is 9.88 Å². The normalized spacial score (nSPS) is 18.8. The Morgan fingerprint density at radius 2 is 1.92 bits per heavy atom. The van der Waals surface area contributed by atoms with Crippen molar-refractivity contribution in [3.63, 3.8) is 0 Å². The van der Waals surface area contributed by atoms with E-state index in [1.54, 1.807) is 17.6 Å². The van der Waals surface area contributed by atoms with E-state index in [2.05, 4.69) is 40.3 Å². The third-order valence-electron chi connectivity index (χ3n) is 5.49. The molecule has 3 aromatic rings. The maximum Gasteiger partial charge on any atom is 0.118 e. The summed E-state index contributed by atoms with van der Waals surface area (Å²) in [6, 6.07) is 13.1. The second-order valence-corrected chi connectivity index (χ2v) is 7.97. The number of thiophene rings is 1. The summed E-state index contributed by atoms with van der Waals surface area (Å²) in [6.45, 7) is 0.944. The van der Waals surface area contributed by atoms with Gasteiger partial charge in [0.2, 0.25) is 0 Å². The van der Waals surface area contributed by atoms with Crippen molar-refractivity contribution in [2.45, 2.75) is 38.3 Å². The smallest absolute Gasteiger partial charge is 0.118 e. The third kappa shape index (κ3) is 2.43. The molecule has 0 spiro atoms. The molecule has 4 heteroatoms. The number of hydrogen-bond donors (Lipinski definition) is 1. The first-order chi connectivity index (χ1) is 12.3. The minimum Gasteiger partial charge on any atom is -0.497 e. The fraction of sp³-hybridized carbons (Fsp3) is 0.333. The fourth-order valence-electron chi connectivity index (χ4n) is 4.20. The number of benzene rings is 1. The number of aryl methyl sites for hydroxylation is 1. The highest BCUT2D eigenvalue weighted by molar-refractivity contribution is 7.15. The Balaban J connectivity index is 1.60. The van der Waals surface area contributed by atoms with Crippen molar-refractivity contribution in [3.05, 3.63) is 69.9 Å². The van der Waals surface area contributed by atoms with Crippen LogP contribution in [-0.4, -0.2) is 11.7 Å². The molecule has 1 atom stereocenters. The summed E-state index contributed by atoms with van der Waals surface area (Å²) in [5, 5.41) is 5.24. The SMILES string of the molecule is COc1ccc([C@H]2NCc3c(sc4c3CCCC4)-n3cccc32)cc1. The predicted octanol–water partition coefficient (Wildman–Crippen LogP) is 4.62. The molecule has 0 amide bonds. The average molecular weight is 350 g/mol. The van der Waals surface area contributed by atoms with Crippen LogP contribution in [-0.2, 0) is 19.4 Å². The first-order valence-corrected chi connectivity index (χ1v) is 9.85. The number of nitrogens with one attached hydrogen (secondary N) is 1. The Bertz CT molecular complexity index is 907. The monoisotopic (exact) mass is 350 g/mol. The first kappa shape index (κ1) is 15.2. The highest BCUT2D eigenvalue weighted by Gasteiger charge is 2.28. The fourth-order valence-corrected chi connectivity index (χ4v) is 5.61. The lowest BCUT2D eigenvalue weighted by Gasteiger charge is -2.19. The molecule has 25 heavy (non-hydrogen) atoms. The van der Waals surface area contributed by atoms with Gasteiger partial charge in [-0.15, -0.1) is 11.3 Å². The molecule has 2 aliphatic rings. The van der Waals surface area contributed by atoms with Crippen molar-refractivity contribution in [2.75, 3.05) is 7.11 Å². The molecule has 0 bridgehead atoms. The van der Waals surface area contributed by atoms with Crippen LogP contribution in [0, 0.1) is 0 Å². The lowest BCUT2D eigenvalue weighted by atomic mass is 9.95. The number of aromatic nitrogens is 1. The van der Waals surface area contributed by atoms with E-state index in [0.29, 0.717) is 0 Å². The number of rotatable bonds is 2. The Kier molecular flexibility index (Phi) is 3.68. The minimum atomic E-state index is 0.208. The molecule has 5 rings (SSSR count). The number of nitrogens with zero attached hydrogens (tertiary/aromatic N) is 1. The topological polar surface area (TPSA) is 26.2 Å². The summed E-state index contributed by atoms with van der Waals surface area (Å²) < 4.78 is 7.72. The molecular formula is C21H22N2OS. The van der Waals surface area contributed by atoms with Gasteiger partial charge in [0.05, 0.1) is 13.2 Å². The van der Waals surface area contributed by atoms with Crippen molar-refractivity contribution >= 4 is 11.3 Å². The Labute approximate surface area is 152 Å². The van der Waals surface area contributed by atoms with E-state index < -0.39 is 0 Å². The van der Waals surface area contributed by atoms with Gasteiger partial charge in [0.1, 0.15) is 10.8 Å². The number of fused-ring (bicyclic) bond motifs is 5. The molecule has 0 radical (unpaired) electrons. The minimum absolute atomic E-state index is 0.208. The zero-order valence-electron chi connectivity index (χ0n) is 14.4. The van der Waals surface area contributed by atoms with Gasteiger partial charge in [0, 0.05) is 28.9 Å². The number of hydrogen-bond acceptors (Lipinski definition) is 3. The molecule has 1 N–H and O–H groups in total. The Morgan fingerprint density at radius 1 is 1.08 bits per heavy atom. The van der Waals surface area contributed by atoms with Crippen LogP contribution in [0.15, 0.2) is 42.6 Å². The molecule has 1 aromatic carbocycles. The maximum atomic E-state index is 5.31. The maximum absolute atomic E-state index is 5.31. The predicted molar refractivity (Wildman–Crippen MR) is 102 cm³/mol. The van der Waals surface area contributed by atoms with Crippen LogP contribution in [0.25, 0.3) is 5.00 Å². The van der Waals surface area contributed by atoms with Crippen LogP contribution in [0.5, 0.6) is 5.75 Å². The molecule has 0 saturated carbocycles. The molecular weight excluding hydrogens is 328 g/mol. The average Bonchev–Trinajstić information content (AvgIpc) is 3.24. The van der Waals surface area contributed by atoms with Crippen LogP contribution in [0.4, 0.5) is 0 Å². The van der Waals surface area contributed by atoms with E-state index >= 15 is 0 Å². The number of methoxy groups -OCH3 is 1. The largest absolute Gasteiger partial charge is 0.497 e. The van der Waals surface area contributed by atoms with Gasteiger partial charge in [-0.3, -0.25) is 0 Å². The molecule has 0 fully saturated rings. The van der Waals surface area contributed by atoms with E-state index in [0.717, 1.165) is 12.3 Å². The van der Waals surface area contributed by atoms with Crippen LogP contribution in [0.1, 0.15) is 46.1 Å². The third-order valence-corrected chi connectivity index (χ3v) is 6.82. The zero-order chi connectivity index (χ0) is 16.8. The van der Waals surface area contributed by atoms with E-state index in [1.807, 2.05) is 23.5 Å². The molecule has 3 heterocycles. The zero-order valence-corrected chi connectivity index (χ0v) is 15.2. The lowest BCUT2D eigenvalue weighted by Crippen LogP contribution is -2.21. The summed E-state index contributed by atoms with van der Waals surface area (Å²) in [5.74, 6) is 0.904. The molecule has 1 aliphatic carbocycles. The standard InChI is InChI=1S/C21H22N2OS/c1-24-15-10-8-14(9-11-15)20-18-6-4-12-23(18)21-17(13-22-20)16-5-2-3-7-19(16)25-21/h4,6,8-12,20,22H,2-3,5,7,13H2,1H3/t20-/m1/s1. The Hall–Kier alpha value is -2.04. The molecule has 0 saturated heterocycles. The quantitative estimate of drug-likeness (QED) is 0.730. The first-order valence-electron chi connectivity index (χ1n) is 9.03. The number of ether oxygens (including phenoxy) is 1. The second-order valence-electron chi connectivity index (χ2n) is 6.88. The lowest BCUT2D eigenvalue weighted by molar-refractivity contribution is 0.414. The van der Waals surface area contributed by atoms with Gasteiger partial charge in [-0.25, -0.2) is 0 Å². The van der Waals surface area contributed by atoms with E-state index in [9.17, 15) is 0 Å². The molecule has 3 nitrogen and oxygen atoms in total. The molecule has 0 unspecified atom stereocenters. The van der Waals surface area contributed by atoms with Gasteiger partial charge in [0.25, 0.3) is 0 Å². The molecule has 128 valence electrons. The van der Waals surface area contributed by atoms with Crippen LogP contribution < -0.4 is 10.1 Å². The van der Waals surface area contributed by atoms with Crippen molar-refractivity contribution in [3.8, 4) is 10.8 Å². The van der Waals surface area contributed by atoms with Gasteiger partial charge in [-0.2, -0.15) is 0 Å². The van der Waals surface area contributed by atoms with Crippen molar-refractivity contribution < 1.29 is 4.74 Å². The van der Waals surface area contributed by atoms with Gasteiger partial charge >= 0.3 is 0 Å². The molecule has 1 aliphatic heterocycles. The summed E-state index contributed by atoms with van der Waals surface area (Å²) in [4.78, 5) is 1.61. The summed E-state index contributed by atoms with van der Waals surface area (Å²) >= 11 is 2.00. The van der Waals surface area contributed by atoms with Gasteiger partial charge in [0.15, 0.2) is 0 Å². The van der Waals surface area contributed by atoms with Gasteiger partial charge < -0.3 is 14.6 Å². The summed E-state index contributed by atoms with van der Waals surface area (Å²) in [7, 11) is 1.71. The van der Waals surface area contributed by atoms with Crippen molar-refractivity contribution in [1.29, 1.82) is 0 Å². The Morgan fingerprint density at radius 3 is 2.76 bits per heavy atom. The molecule has 2 aromatic heterocycles. The highest BCUT2D eigenvalue weighted by Crippen LogP contribution is 2.40.